The molecule has 2 aromatic carbocycles. The van der Waals surface area contributed by atoms with Crippen LogP contribution in [-0.2, 0) is 4.79 Å². The summed E-state index contributed by atoms with van der Waals surface area (Å²) in [7, 11) is 1.57. The second kappa shape index (κ2) is 7.05. The number of methoxy groups -OCH3 is 1. The van der Waals surface area contributed by atoms with Gasteiger partial charge in [-0.2, -0.15) is 0 Å². The molecule has 0 saturated carbocycles. The highest BCUT2D eigenvalue weighted by atomic mass is 79.9. The van der Waals surface area contributed by atoms with Gasteiger partial charge in [0.05, 0.1) is 12.8 Å². The third-order valence-electron chi connectivity index (χ3n) is 3.89. The van der Waals surface area contributed by atoms with E-state index in [9.17, 15) is 9.59 Å². The summed E-state index contributed by atoms with van der Waals surface area (Å²) in [5.74, 6) is 0.481. The number of amides is 2. The molecule has 0 bridgehead atoms. The number of anilines is 2. The Balaban J connectivity index is 1.86. The zero-order valence-corrected chi connectivity index (χ0v) is 14.8. The molecule has 5 nitrogen and oxygen atoms in total. The first-order chi connectivity index (χ1) is 11.6. The van der Waals surface area contributed by atoms with Crippen molar-refractivity contribution in [1.82, 2.24) is 0 Å². The van der Waals surface area contributed by atoms with E-state index < -0.39 is 0 Å². The van der Waals surface area contributed by atoms with E-state index >= 15 is 0 Å². The lowest BCUT2D eigenvalue weighted by molar-refractivity contribution is -0.117. The third kappa shape index (κ3) is 3.43. The summed E-state index contributed by atoms with van der Waals surface area (Å²) in [6.07, 6.45) is 1.37. The molecule has 0 spiro atoms. The van der Waals surface area contributed by atoms with Gasteiger partial charge in [0.25, 0.3) is 5.91 Å². The van der Waals surface area contributed by atoms with Crippen LogP contribution in [-0.4, -0.2) is 25.5 Å². The van der Waals surface area contributed by atoms with Crippen molar-refractivity contribution in [1.29, 1.82) is 0 Å². The van der Waals surface area contributed by atoms with Crippen molar-refractivity contribution < 1.29 is 14.3 Å². The Bertz CT molecular complexity index is 792. The number of nitrogens with one attached hydrogen (secondary N) is 1. The van der Waals surface area contributed by atoms with Gasteiger partial charge in [-0.1, -0.05) is 22.0 Å². The minimum absolute atomic E-state index is 0.0729. The van der Waals surface area contributed by atoms with Crippen LogP contribution < -0.4 is 15.0 Å². The first kappa shape index (κ1) is 16.5. The molecule has 0 radical (unpaired) electrons. The standard InChI is InChI=1S/C18H17BrN2O3/c1-24-16-8-7-14(11-15(16)21-9-3-6-17(21)22)20-18(23)12-4-2-5-13(19)10-12/h2,4-5,7-8,10-11H,3,6,9H2,1H3,(H,20,23). The minimum atomic E-state index is -0.208. The van der Waals surface area contributed by atoms with Gasteiger partial charge in [-0.3, -0.25) is 9.59 Å². The lowest BCUT2D eigenvalue weighted by Crippen LogP contribution is -2.24. The Kier molecular flexibility index (Phi) is 4.85. The maximum Gasteiger partial charge on any atom is 0.255 e. The predicted octanol–water partition coefficient (Wildman–Crippen LogP) is 3.84. The van der Waals surface area contributed by atoms with Gasteiger partial charge in [0.1, 0.15) is 5.75 Å². The fraction of sp³-hybridized carbons (Fsp3) is 0.222. The fourth-order valence-corrected chi connectivity index (χ4v) is 3.11. The largest absolute Gasteiger partial charge is 0.495 e. The minimum Gasteiger partial charge on any atom is -0.495 e. The highest BCUT2D eigenvalue weighted by Gasteiger charge is 2.25. The Labute approximate surface area is 148 Å². The second-order valence-corrected chi connectivity index (χ2v) is 6.42. The second-order valence-electron chi connectivity index (χ2n) is 5.50. The van der Waals surface area contributed by atoms with Crippen LogP contribution in [0.5, 0.6) is 5.75 Å². The van der Waals surface area contributed by atoms with Crippen LogP contribution in [0.4, 0.5) is 11.4 Å². The SMILES string of the molecule is COc1ccc(NC(=O)c2cccc(Br)c2)cc1N1CCCC1=O. The monoisotopic (exact) mass is 388 g/mol. The van der Waals surface area contributed by atoms with Crippen LogP contribution in [0.3, 0.4) is 0 Å². The Morgan fingerprint density at radius 3 is 2.75 bits per heavy atom. The molecule has 0 aliphatic carbocycles. The molecule has 2 aromatic rings. The summed E-state index contributed by atoms with van der Waals surface area (Å²) >= 11 is 3.36. The number of nitrogens with zero attached hydrogens (tertiary/aromatic N) is 1. The van der Waals surface area contributed by atoms with E-state index in [4.69, 9.17) is 4.74 Å². The molecular formula is C18H17BrN2O3. The van der Waals surface area contributed by atoms with E-state index in [1.54, 1.807) is 48.4 Å². The zero-order chi connectivity index (χ0) is 17.1. The van der Waals surface area contributed by atoms with Gasteiger partial charge in [-0.15, -0.1) is 0 Å². The molecule has 124 valence electrons. The number of hydrogen-bond acceptors (Lipinski definition) is 3. The maximum atomic E-state index is 12.4. The number of benzene rings is 2. The van der Waals surface area contributed by atoms with Crippen LogP contribution in [0.25, 0.3) is 0 Å². The number of ether oxygens (including phenoxy) is 1. The van der Waals surface area contributed by atoms with Crippen LogP contribution >= 0.6 is 15.9 Å². The topological polar surface area (TPSA) is 58.6 Å². The summed E-state index contributed by atoms with van der Waals surface area (Å²) in [4.78, 5) is 26.1. The average molecular weight is 389 g/mol. The normalized spacial score (nSPS) is 13.9. The van der Waals surface area contributed by atoms with E-state index in [0.717, 1.165) is 10.9 Å². The molecule has 0 atom stereocenters. The molecule has 1 aliphatic heterocycles. The molecule has 6 heteroatoms. The molecule has 0 unspecified atom stereocenters. The maximum absolute atomic E-state index is 12.4. The number of carbonyl (C=O) groups is 2. The summed E-state index contributed by atoms with van der Waals surface area (Å²) < 4.78 is 6.19. The van der Waals surface area contributed by atoms with Crippen molar-refractivity contribution in [3.63, 3.8) is 0 Å². The highest BCUT2D eigenvalue weighted by Crippen LogP contribution is 2.34. The molecule has 1 heterocycles. The van der Waals surface area contributed by atoms with Gasteiger partial charge in [0.15, 0.2) is 0 Å². The van der Waals surface area contributed by atoms with E-state index in [1.165, 1.54) is 0 Å². The molecule has 1 fully saturated rings. The Hall–Kier alpha value is -2.34. The van der Waals surface area contributed by atoms with Crippen LogP contribution in [0.1, 0.15) is 23.2 Å². The number of halogens is 1. The molecule has 3 rings (SSSR count). The highest BCUT2D eigenvalue weighted by molar-refractivity contribution is 9.10. The molecule has 1 aliphatic rings. The van der Waals surface area contributed by atoms with Gasteiger partial charge in [0.2, 0.25) is 5.91 Å². The number of rotatable bonds is 4. The predicted molar refractivity (Wildman–Crippen MR) is 96.7 cm³/mol. The number of carbonyl (C=O) groups excluding carboxylic acids is 2. The Morgan fingerprint density at radius 1 is 1.25 bits per heavy atom. The smallest absolute Gasteiger partial charge is 0.255 e. The van der Waals surface area contributed by atoms with Crippen molar-refractivity contribution >= 4 is 39.1 Å². The molecule has 24 heavy (non-hydrogen) atoms. The fourth-order valence-electron chi connectivity index (χ4n) is 2.71. The lowest BCUT2D eigenvalue weighted by atomic mass is 10.2. The quantitative estimate of drug-likeness (QED) is 0.865. The van der Waals surface area contributed by atoms with Crippen LogP contribution in [0.15, 0.2) is 46.9 Å². The lowest BCUT2D eigenvalue weighted by Gasteiger charge is -2.20. The number of hydrogen-bond donors (Lipinski definition) is 1. The van der Waals surface area contributed by atoms with Gasteiger partial charge < -0.3 is 15.0 Å². The van der Waals surface area contributed by atoms with Crippen molar-refractivity contribution in [2.24, 2.45) is 0 Å². The first-order valence-corrected chi connectivity index (χ1v) is 8.43. The summed E-state index contributed by atoms with van der Waals surface area (Å²) in [5, 5.41) is 2.86. The zero-order valence-electron chi connectivity index (χ0n) is 13.2. The molecule has 0 aromatic heterocycles. The van der Waals surface area contributed by atoms with Crippen LogP contribution in [0.2, 0.25) is 0 Å². The van der Waals surface area contributed by atoms with Crippen molar-refractivity contribution in [2.45, 2.75) is 12.8 Å². The molecule has 1 saturated heterocycles. The van der Waals surface area contributed by atoms with E-state index in [0.29, 0.717) is 35.7 Å². The molecular weight excluding hydrogens is 372 g/mol. The van der Waals surface area contributed by atoms with Gasteiger partial charge in [0, 0.05) is 28.7 Å². The van der Waals surface area contributed by atoms with E-state index in [2.05, 4.69) is 21.2 Å². The summed E-state index contributed by atoms with van der Waals surface area (Å²) in [6, 6.07) is 12.5. The van der Waals surface area contributed by atoms with Gasteiger partial charge in [-0.05, 0) is 42.8 Å². The summed E-state index contributed by atoms with van der Waals surface area (Å²) in [5.41, 5.74) is 1.86. The van der Waals surface area contributed by atoms with E-state index in [-0.39, 0.29) is 11.8 Å². The summed E-state index contributed by atoms with van der Waals surface area (Å²) in [6.45, 7) is 0.665. The van der Waals surface area contributed by atoms with E-state index in [1.807, 2.05) is 6.07 Å². The van der Waals surface area contributed by atoms with Gasteiger partial charge >= 0.3 is 0 Å². The Morgan fingerprint density at radius 2 is 2.08 bits per heavy atom. The van der Waals surface area contributed by atoms with Gasteiger partial charge in [-0.25, -0.2) is 0 Å². The van der Waals surface area contributed by atoms with Crippen molar-refractivity contribution in [2.75, 3.05) is 23.9 Å². The third-order valence-corrected chi connectivity index (χ3v) is 4.38. The van der Waals surface area contributed by atoms with Crippen LogP contribution in [0, 0.1) is 0 Å². The first-order valence-electron chi connectivity index (χ1n) is 7.64. The molecule has 2 amide bonds. The molecule has 1 N–H and O–H groups in total. The average Bonchev–Trinajstić information content (AvgIpc) is 3.00. The van der Waals surface area contributed by atoms with Crippen molar-refractivity contribution in [3.8, 4) is 5.75 Å². The van der Waals surface area contributed by atoms with Crippen molar-refractivity contribution in [3.05, 3.63) is 52.5 Å².